The predicted octanol–water partition coefficient (Wildman–Crippen LogP) is 1.39. The second-order valence-electron chi connectivity index (χ2n) is 5.47. The fourth-order valence-electron chi connectivity index (χ4n) is 2.41. The smallest absolute Gasteiger partial charge is 0.0591 e. The van der Waals surface area contributed by atoms with Gasteiger partial charge in [-0.15, -0.1) is 0 Å². The fourth-order valence-corrected chi connectivity index (χ4v) is 2.41. The normalized spacial score (nSPS) is 30.6. The molecule has 0 radical (unpaired) electrons. The highest BCUT2D eigenvalue weighted by molar-refractivity contribution is 4.76. The van der Waals surface area contributed by atoms with Crippen molar-refractivity contribution in [2.75, 3.05) is 32.8 Å². The van der Waals surface area contributed by atoms with E-state index in [1.807, 2.05) is 0 Å². The van der Waals surface area contributed by atoms with Crippen LogP contribution in [0, 0.1) is 11.8 Å². The molecule has 1 aliphatic carbocycles. The summed E-state index contributed by atoms with van der Waals surface area (Å²) in [7, 11) is 0. The van der Waals surface area contributed by atoms with Crippen LogP contribution < -0.4 is 10.6 Å². The summed E-state index contributed by atoms with van der Waals surface area (Å²) in [6.07, 6.45) is 5.41. The van der Waals surface area contributed by atoms with E-state index < -0.39 is 0 Å². The minimum atomic E-state index is 0.701. The Hall–Kier alpha value is -0.120. The summed E-state index contributed by atoms with van der Waals surface area (Å²) in [5.41, 5.74) is 0. The maximum atomic E-state index is 5.59. The Bertz CT molecular complexity index is 194. The van der Waals surface area contributed by atoms with E-state index >= 15 is 0 Å². The lowest BCUT2D eigenvalue weighted by Gasteiger charge is -2.28. The summed E-state index contributed by atoms with van der Waals surface area (Å²) in [6.45, 7) is 7.53. The van der Waals surface area contributed by atoms with Crippen molar-refractivity contribution in [1.29, 1.82) is 0 Å². The highest BCUT2D eigenvalue weighted by Crippen LogP contribution is 2.28. The monoisotopic (exact) mass is 226 g/mol. The SMILES string of the molecule is CC1CC(CNCCOCC2CC2)CCN1. The largest absolute Gasteiger partial charge is 0.380 e. The molecule has 94 valence electrons. The summed E-state index contributed by atoms with van der Waals surface area (Å²) < 4.78 is 5.59. The lowest BCUT2D eigenvalue weighted by atomic mass is 9.93. The molecule has 2 aliphatic rings. The van der Waals surface area contributed by atoms with Crippen LogP contribution in [0.5, 0.6) is 0 Å². The van der Waals surface area contributed by atoms with E-state index in [-0.39, 0.29) is 0 Å². The van der Waals surface area contributed by atoms with Crippen LogP contribution in [0.2, 0.25) is 0 Å². The molecule has 1 heterocycles. The van der Waals surface area contributed by atoms with Gasteiger partial charge in [0.05, 0.1) is 6.61 Å². The molecule has 16 heavy (non-hydrogen) atoms. The zero-order chi connectivity index (χ0) is 11.2. The van der Waals surface area contributed by atoms with Crippen LogP contribution in [0.15, 0.2) is 0 Å². The van der Waals surface area contributed by atoms with Gasteiger partial charge in [0.25, 0.3) is 0 Å². The Morgan fingerprint density at radius 3 is 2.88 bits per heavy atom. The van der Waals surface area contributed by atoms with Gasteiger partial charge >= 0.3 is 0 Å². The molecular weight excluding hydrogens is 200 g/mol. The second-order valence-corrected chi connectivity index (χ2v) is 5.47. The van der Waals surface area contributed by atoms with E-state index in [1.165, 1.54) is 38.8 Å². The second kappa shape index (κ2) is 6.58. The van der Waals surface area contributed by atoms with E-state index in [0.29, 0.717) is 6.04 Å². The molecule has 2 atom stereocenters. The van der Waals surface area contributed by atoms with Crippen molar-refractivity contribution in [3.63, 3.8) is 0 Å². The Balaban J connectivity index is 1.41. The van der Waals surface area contributed by atoms with Gasteiger partial charge in [-0.3, -0.25) is 0 Å². The van der Waals surface area contributed by atoms with Gasteiger partial charge in [0.1, 0.15) is 0 Å². The first kappa shape index (κ1) is 12.3. The third-order valence-electron chi connectivity index (χ3n) is 3.64. The Morgan fingerprint density at radius 2 is 2.12 bits per heavy atom. The summed E-state index contributed by atoms with van der Waals surface area (Å²) >= 11 is 0. The average molecular weight is 226 g/mol. The molecule has 3 heteroatoms. The summed E-state index contributed by atoms with van der Waals surface area (Å²) in [6, 6.07) is 0.701. The quantitative estimate of drug-likeness (QED) is 0.644. The van der Waals surface area contributed by atoms with E-state index in [4.69, 9.17) is 4.74 Å². The topological polar surface area (TPSA) is 33.3 Å². The van der Waals surface area contributed by atoms with E-state index in [1.54, 1.807) is 0 Å². The van der Waals surface area contributed by atoms with Crippen molar-refractivity contribution < 1.29 is 4.74 Å². The molecule has 1 aliphatic heterocycles. The molecule has 2 N–H and O–H groups in total. The Kier molecular flexibility index (Phi) is 5.07. The Labute approximate surface area is 99.3 Å². The number of nitrogens with one attached hydrogen (secondary N) is 2. The predicted molar refractivity (Wildman–Crippen MR) is 66.6 cm³/mol. The van der Waals surface area contributed by atoms with Crippen LogP contribution in [0.4, 0.5) is 0 Å². The van der Waals surface area contributed by atoms with Crippen molar-refractivity contribution in [2.45, 2.75) is 38.6 Å². The van der Waals surface area contributed by atoms with Crippen molar-refractivity contribution in [3.8, 4) is 0 Å². The maximum Gasteiger partial charge on any atom is 0.0591 e. The van der Waals surface area contributed by atoms with Gasteiger partial charge in [-0.1, -0.05) is 0 Å². The van der Waals surface area contributed by atoms with Crippen LogP contribution in [0.1, 0.15) is 32.6 Å². The number of ether oxygens (including phenoxy) is 1. The van der Waals surface area contributed by atoms with E-state index in [2.05, 4.69) is 17.6 Å². The van der Waals surface area contributed by atoms with Crippen LogP contribution >= 0.6 is 0 Å². The van der Waals surface area contributed by atoms with Gasteiger partial charge in [-0.05, 0) is 57.5 Å². The number of rotatable bonds is 7. The molecule has 2 unspecified atom stereocenters. The summed E-state index contributed by atoms with van der Waals surface area (Å²) in [4.78, 5) is 0. The molecule has 2 rings (SSSR count). The highest BCUT2D eigenvalue weighted by Gasteiger charge is 2.21. The van der Waals surface area contributed by atoms with E-state index in [0.717, 1.165) is 31.6 Å². The summed E-state index contributed by atoms with van der Waals surface area (Å²) in [5, 5.41) is 7.01. The van der Waals surface area contributed by atoms with Gasteiger partial charge in [-0.2, -0.15) is 0 Å². The Morgan fingerprint density at radius 1 is 1.25 bits per heavy atom. The zero-order valence-electron chi connectivity index (χ0n) is 10.5. The lowest BCUT2D eigenvalue weighted by molar-refractivity contribution is 0.125. The van der Waals surface area contributed by atoms with E-state index in [9.17, 15) is 0 Å². The van der Waals surface area contributed by atoms with Gasteiger partial charge in [0, 0.05) is 19.2 Å². The third kappa shape index (κ3) is 4.81. The zero-order valence-corrected chi connectivity index (χ0v) is 10.5. The molecule has 1 saturated heterocycles. The van der Waals surface area contributed by atoms with Gasteiger partial charge < -0.3 is 15.4 Å². The maximum absolute atomic E-state index is 5.59. The van der Waals surface area contributed by atoms with Crippen molar-refractivity contribution in [1.82, 2.24) is 10.6 Å². The van der Waals surface area contributed by atoms with Gasteiger partial charge in [0.2, 0.25) is 0 Å². The molecule has 3 nitrogen and oxygen atoms in total. The first-order valence-electron chi connectivity index (χ1n) is 6.86. The van der Waals surface area contributed by atoms with Crippen LogP contribution in [-0.2, 0) is 4.74 Å². The minimum absolute atomic E-state index is 0.701. The molecule has 0 aromatic rings. The van der Waals surface area contributed by atoms with Crippen LogP contribution in [0.25, 0.3) is 0 Å². The highest BCUT2D eigenvalue weighted by atomic mass is 16.5. The van der Waals surface area contributed by atoms with Crippen LogP contribution in [-0.4, -0.2) is 38.9 Å². The lowest BCUT2D eigenvalue weighted by Crippen LogP contribution is -2.39. The van der Waals surface area contributed by atoms with Crippen molar-refractivity contribution in [3.05, 3.63) is 0 Å². The molecular formula is C13H26N2O. The fraction of sp³-hybridized carbons (Fsp3) is 1.00. The van der Waals surface area contributed by atoms with Crippen molar-refractivity contribution >= 4 is 0 Å². The number of hydrogen-bond acceptors (Lipinski definition) is 3. The first-order valence-corrected chi connectivity index (χ1v) is 6.86. The number of piperidine rings is 1. The van der Waals surface area contributed by atoms with Gasteiger partial charge in [-0.25, -0.2) is 0 Å². The average Bonchev–Trinajstić information content (AvgIpc) is 3.07. The number of hydrogen-bond donors (Lipinski definition) is 2. The third-order valence-corrected chi connectivity index (χ3v) is 3.64. The molecule has 0 aromatic carbocycles. The van der Waals surface area contributed by atoms with Crippen molar-refractivity contribution in [2.24, 2.45) is 11.8 Å². The molecule has 1 saturated carbocycles. The molecule has 0 bridgehead atoms. The standard InChI is InChI=1S/C13H26N2O/c1-11-8-13(4-5-15-11)9-14-6-7-16-10-12-2-3-12/h11-15H,2-10H2,1H3. The first-order chi connectivity index (χ1) is 7.84. The minimum Gasteiger partial charge on any atom is -0.380 e. The van der Waals surface area contributed by atoms with Gasteiger partial charge in [0.15, 0.2) is 0 Å². The van der Waals surface area contributed by atoms with Crippen LogP contribution in [0.3, 0.4) is 0 Å². The molecule has 2 fully saturated rings. The molecule has 0 spiro atoms. The molecule has 0 amide bonds. The molecule has 0 aromatic heterocycles. The summed E-state index contributed by atoms with van der Waals surface area (Å²) in [5.74, 6) is 1.75.